The fraction of sp³-hybridized carbons (Fsp3) is 0. The third kappa shape index (κ3) is 5.09. The van der Waals surface area contributed by atoms with E-state index in [9.17, 15) is 0 Å². The van der Waals surface area contributed by atoms with E-state index in [1.165, 1.54) is 38.1 Å². The van der Waals surface area contributed by atoms with Gasteiger partial charge in [-0.3, -0.25) is 4.98 Å². The van der Waals surface area contributed by atoms with Crippen LogP contribution < -0.4 is 0 Å². The highest BCUT2D eigenvalue weighted by Crippen LogP contribution is 2.42. The quantitative estimate of drug-likeness (QED) is 0.177. The van der Waals surface area contributed by atoms with E-state index in [-0.39, 0.29) is 0 Å². The van der Waals surface area contributed by atoms with E-state index >= 15 is 0 Å². The first-order chi connectivity index (χ1) is 28.7. The Morgan fingerprint density at radius 2 is 1.12 bits per heavy atom. The lowest BCUT2D eigenvalue weighted by Gasteiger charge is -2.11. The van der Waals surface area contributed by atoms with Crippen LogP contribution in [0.3, 0.4) is 0 Å². The zero-order chi connectivity index (χ0) is 38.2. The molecule has 0 fully saturated rings. The Bertz CT molecular complexity index is 3550. The van der Waals surface area contributed by atoms with Crippen molar-refractivity contribution in [1.82, 2.24) is 14.5 Å². The number of furan rings is 1. The molecule has 58 heavy (non-hydrogen) atoms. The molecule has 0 atom stereocenters. The summed E-state index contributed by atoms with van der Waals surface area (Å²) in [6.45, 7) is 0. The van der Waals surface area contributed by atoms with Gasteiger partial charge in [0.15, 0.2) is 0 Å². The van der Waals surface area contributed by atoms with Gasteiger partial charge in [-0.2, -0.15) is 0 Å². The summed E-state index contributed by atoms with van der Waals surface area (Å²) in [6.07, 6.45) is 1.83. The van der Waals surface area contributed by atoms with Crippen LogP contribution in [0.1, 0.15) is 0 Å². The number of hydrogen-bond acceptors (Lipinski definition) is 3. The molecule has 0 N–H and O–H groups in total. The molecule has 4 heteroatoms. The second-order valence-corrected chi connectivity index (χ2v) is 14.9. The molecule has 4 heterocycles. The first-order valence-electron chi connectivity index (χ1n) is 19.6. The summed E-state index contributed by atoms with van der Waals surface area (Å²) in [4.78, 5) is 9.74. The van der Waals surface area contributed by atoms with Gasteiger partial charge >= 0.3 is 0 Å². The summed E-state index contributed by atoms with van der Waals surface area (Å²) in [6, 6.07) is 69.0. The Morgan fingerprint density at radius 3 is 1.98 bits per heavy atom. The number of fused-ring (bicyclic) bond motifs is 9. The Labute approximate surface area is 333 Å². The Kier molecular flexibility index (Phi) is 7.20. The van der Waals surface area contributed by atoms with Crippen molar-refractivity contribution in [3.05, 3.63) is 200 Å². The number of pyridine rings is 2. The Balaban J connectivity index is 0.982. The average molecular weight is 740 g/mol. The number of aromatic nitrogens is 3. The summed E-state index contributed by atoms with van der Waals surface area (Å²) in [5.74, 6) is 0. The molecule has 0 aliphatic rings. The van der Waals surface area contributed by atoms with Crippen molar-refractivity contribution in [3.63, 3.8) is 0 Å². The minimum absolute atomic E-state index is 0.873. The number of nitrogens with zero attached hydrogens (tertiary/aromatic N) is 3. The average Bonchev–Trinajstić information content (AvgIpc) is 3.85. The van der Waals surface area contributed by atoms with E-state index in [2.05, 4.69) is 180 Å². The van der Waals surface area contributed by atoms with Crippen molar-refractivity contribution in [3.8, 4) is 50.3 Å². The van der Waals surface area contributed by atoms with Gasteiger partial charge in [-0.1, -0.05) is 127 Å². The van der Waals surface area contributed by atoms with Crippen molar-refractivity contribution >= 4 is 65.6 Å². The van der Waals surface area contributed by atoms with Crippen LogP contribution in [0.5, 0.6) is 0 Å². The molecule has 0 radical (unpaired) electrons. The Morgan fingerprint density at radius 1 is 0.414 bits per heavy atom. The highest BCUT2D eigenvalue weighted by Gasteiger charge is 2.18. The minimum Gasteiger partial charge on any atom is -0.456 e. The van der Waals surface area contributed by atoms with Crippen molar-refractivity contribution < 1.29 is 4.42 Å². The molecule has 0 bridgehead atoms. The molecule has 0 unspecified atom stereocenters. The highest BCUT2D eigenvalue weighted by molar-refractivity contribution is 6.22. The number of rotatable bonds is 5. The van der Waals surface area contributed by atoms with Crippen LogP contribution in [-0.4, -0.2) is 14.5 Å². The van der Waals surface area contributed by atoms with Crippen LogP contribution in [0.25, 0.3) is 116 Å². The molecule has 0 saturated heterocycles. The molecule has 0 aliphatic carbocycles. The lowest BCUT2D eigenvalue weighted by molar-refractivity contribution is 0.669. The van der Waals surface area contributed by atoms with Crippen molar-refractivity contribution in [2.45, 2.75) is 0 Å². The lowest BCUT2D eigenvalue weighted by Crippen LogP contribution is -1.93. The van der Waals surface area contributed by atoms with Gasteiger partial charge < -0.3 is 8.98 Å². The molecule has 8 aromatic carbocycles. The van der Waals surface area contributed by atoms with Gasteiger partial charge in [0.1, 0.15) is 11.2 Å². The fourth-order valence-electron chi connectivity index (χ4n) is 8.94. The molecule has 0 amide bonds. The van der Waals surface area contributed by atoms with E-state index in [0.29, 0.717) is 0 Å². The topological polar surface area (TPSA) is 43.9 Å². The van der Waals surface area contributed by atoms with Crippen LogP contribution >= 0.6 is 0 Å². The maximum absolute atomic E-state index is 6.50. The fourth-order valence-corrected chi connectivity index (χ4v) is 8.94. The van der Waals surface area contributed by atoms with Gasteiger partial charge in [-0.25, -0.2) is 4.98 Å². The SMILES string of the molecule is c1ccc(-c2cc(-c3ccc(-c4cccc5oc6ccc(-c7ccc8c(c7)c7c9ccccc9ccc7n8-c7ccccc7)cc6c45)cc3)nc3cccnc23)cc1. The largest absolute Gasteiger partial charge is 0.456 e. The molecular formula is C54H33N3O. The monoisotopic (exact) mass is 739 g/mol. The number of hydrogen-bond donors (Lipinski definition) is 0. The zero-order valence-electron chi connectivity index (χ0n) is 31.3. The first-order valence-corrected chi connectivity index (χ1v) is 19.6. The van der Waals surface area contributed by atoms with Crippen LogP contribution in [0.4, 0.5) is 0 Å². The maximum Gasteiger partial charge on any atom is 0.136 e. The second kappa shape index (κ2) is 12.9. The second-order valence-electron chi connectivity index (χ2n) is 14.9. The highest BCUT2D eigenvalue weighted by atomic mass is 16.3. The van der Waals surface area contributed by atoms with E-state index in [0.717, 1.165) is 77.7 Å². The normalized spacial score (nSPS) is 11.8. The van der Waals surface area contributed by atoms with Crippen molar-refractivity contribution in [2.75, 3.05) is 0 Å². The van der Waals surface area contributed by atoms with E-state index in [1.54, 1.807) is 0 Å². The smallest absolute Gasteiger partial charge is 0.136 e. The van der Waals surface area contributed by atoms with Gasteiger partial charge in [0.25, 0.3) is 0 Å². The van der Waals surface area contributed by atoms with Crippen LogP contribution in [0.15, 0.2) is 205 Å². The maximum atomic E-state index is 6.50. The summed E-state index contributed by atoms with van der Waals surface area (Å²) in [5, 5.41) is 7.21. The number of para-hydroxylation sites is 1. The van der Waals surface area contributed by atoms with Gasteiger partial charge in [0.05, 0.1) is 27.8 Å². The molecule has 0 aliphatic heterocycles. The lowest BCUT2D eigenvalue weighted by atomic mass is 9.95. The minimum atomic E-state index is 0.873. The zero-order valence-corrected chi connectivity index (χ0v) is 31.3. The van der Waals surface area contributed by atoms with Crippen LogP contribution in [0.2, 0.25) is 0 Å². The summed E-state index contributed by atoms with van der Waals surface area (Å²) in [7, 11) is 0. The molecule has 4 nitrogen and oxygen atoms in total. The van der Waals surface area contributed by atoms with Crippen molar-refractivity contribution in [2.24, 2.45) is 0 Å². The molecule has 12 aromatic rings. The van der Waals surface area contributed by atoms with Gasteiger partial charge in [-0.05, 0) is 105 Å². The van der Waals surface area contributed by atoms with E-state index in [1.807, 2.05) is 24.4 Å². The van der Waals surface area contributed by atoms with Gasteiger partial charge in [0.2, 0.25) is 0 Å². The van der Waals surface area contributed by atoms with Crippen LogP contribution in [0, 0.1) is 0 Å². The van der Waals surface area contributed by atoms with Crippen LogP contribution in [-0.2, 0) is 0 Å². The third-order valence-corrected chi connectivity index (χ3v) is 11.6. The Hall–Kier alpha value is -7.82. The standard InChI is InChI=1S/C54H33N3O/c1-3-11-34(12-4-1)43-33-47(56-46-18-10-30-55-54(43)46)37-22-20-36(21-23-37)42-17-9-19-51-53(42)45-32-39(26-29-50(45)58-51)38-25-27-48-44(31-38)52-41-16-8-7-13-35(41)24-28-49(52)57(48)40-14-5-2-6-15-40/h1-33H. The van der Waals surface area contributed by atoms with Crippen molar-refractivity contribution in [1.29, 1.82) is 0 Å². The van der Waals surface area contributed by atoms with E-state index in [4.69, 9.17) is 14.4 Å². The van der Waals surface area contributed by atoms with Gasteiger partial charge in [-0.15, -0.1) is 0 Å². The first kappa shape index (κ1) is 32.4. The predicted molar refractivity (Wildman–Crippen MR) is 240 cm³/mol. The van der Waals surface area contributed by atoms with Gasteiger partial charge in [0, 0.05) is 44.6 Å². The molecule has 270 valence electrons. The summed E-state index contributed by atoms with van der Waals surface area (Å²) < 4.78 is 8.89. The van der Waals surface area contributed by atoms with E-state index < -0.39 is 0 Å². The molecular weight excluding hydrogens is 707 g/mol. The molecule has 12 rings (SSSR count). The predicted octanol–water partition coefficient (Wildman–Crippen LogP) is 14.4. The number of benzene rings is 8. The summed E-state index contributed by atoms with van der Waals surface area (Å²) >= 11 is 0. The molecule has 0 saturated carbocycles. The third-order valence-electron chi connectivity index (χ3n) is 11.6. The molecule has 0 spiro atoms. The summed E-state index contributed by atoms with van der Waals surface area (Å²) in [5.41, 5.74) is 15.8. The molecule has 4 aromatic heterocycles.